The van der Waals surface area contributed by atoms with Crippen LogP contribution >= 0.6 is 0 Å². The van der Waals surface area contributed by atoms with Gasteiger partial charge in [-0.2, -0.15) is 23.4 Å². The molecule has 0 saturated heterocycles. The molecule has 10 heteroatoms. The minimum absolute atomic E-state index is 0.155. The Labute approximate surface area is 140 Å². The molecule has 25 heavy (non-hydrogen) atoms. The molecule has 7 nitrogen and oxygen atoms in total. The number of amides is 1. The molecule has 0 unspecified atom stereocenters. The Morgan fingerprint density at radius 1 is 1.40 bits per heavy atom. The first-order valence-electron chi connectivity index (χ1n) is 7.30. The van der Waals surface area contributed by atoms with Crippen molar-refractivity contribution in [2.24, 2.45) is 7.05 Å². The van der Waals surface area contributed by atoms with Crippen molar-refractivity contribution in [2.45, 2.75) is 19.1 Å². The first-order chi connectivity index (χ1) is 11.8. The summed E-state index contributed by atoms with van der Waals surface area (Å²) < 4.78 is 44.4. The molecule has 132 valence electrons. The van der Waals surface area contributed by atoms with E-state index in [0.717, 1.165) is 4.68 Å². The summed E-state index contributed by atoms with van der Waals surface area (Å²) >= 11 is 0. The smallest absolute Gasteiger partial charge is 0.390 e. The Kier molecular flexibility index (Phi) is 4.34. The highest BCUT2D eigenvalue weighted by molar-refractivity contribution is 6.03. The average molecular weight is 353 g/mol. The highest BCUT2D eigenvalue weighted by atomic mass is 19.4. The van der Waals surface area contributed by atoms with Crippen LogP contribution in [0.2, 0.25) is 0 Å². The predicted octanol–water partition coefficient (Wildman–Crippen LogP) is 3.08. The Morgan fingerprint density at radius 2 is 2.20 bits per heavy atom. The summed E-state index contributed by atoms with van der Waals surface area (Å²) in [6.07, 6.45) is -1.28. The fourth-order valence-corrected chi connectivity index (χ4v) is 2.16. The molecule has 0 bridgehead atoms. The second-order valence-electron chi connectivity index (χ2n) is 5.33. The first-order valence-corrected chi connectivity index (χ1v) is 7.30. The normalized spacial score (nSPS) is 11.7. The molecule has 0 spiro atoms. The molecule has 3 heterocycles. The van der Waals surface area contributed by atoms with Crippen molar-refractivity contribution < 1.29 is 22.4 Å². The van der Waals surface area contributed by atoms with Crippen molar-refractivity contribution in [3.63, 3.8) is 0 Å². The van der Waals surface area contributed by atoms with Crippen LogP contribution in [-0.2, 0) is 13.6 Å². The molecule has 0 aliphatic rings. The van der Waals surface area contributed by atoms with Gasteiger partial charge in [0.05, 0.1) is 24.4 Å². The highest BCUT2D eigenvalue weighted by Gasteiger charge is 2.27. The number of rotatable bonds is 5. The largest absolute Gasteiger partial charge is 0.463 e. The Bertz CT molecular complexity index is 864. The van der Waals surface area contributed by atoms with Crippen LogP contribution < -0.4 is 5.32 Å². The Balaban J connectivity index is 1.68. The molecule has 0 aromatic carbocycles. The zero-order chi connectivity index (χ0) is 18.0. The SMILES string of the molecule is Cn1nc(-c2ccco2)cc1NC(=O)c1cnn(CCC(F)(F)F)c1. The summed E-state index contributed by atoms with van der Waals surface area (Å²) in [4.78, 5) is 12.2. The summed E-state index contributed by atoms with van der Waals surface area (Å²) in [5.41, 5.74) is 0.701. The van der Waals surface area contributed by atoms with E-state index in [2.05, 4.69) is 15.5 Å². The molecule has 3 aromatic rings. The molecule has 3 aromatic heterocycles. The van der Waals surface area contributed by atoms with Crippen LogP contribution in [0.3, 0.4) is 0 Å². The van der Waals surface area contributed by atoms with Crippen molar-refractivity contribution in [1.29, 1.82) is 0 Å². The highest BCUT2D eigenvalue weighted by Crippen LogP contribution is 2.22. The van der Waals surface area contributed by atoms with Gasteiger partial charge in [0.2, 0.25) is 0 Å². The maximum atomic E-state index is 12.2. The van der Waals surface area contributed by atoms with Gasteiger partial charge in [-0.25, -0.2) is 0 Å². The van der Waals surface area contributed by atoms with Crippen LogP contribution in [0.1, 0.15) is 16.8 Å². The minimum Gasteiger partial charge on any atom is -0.463 e. The van der Waals surface area contributed by atoms with Gasteiger partial charge in [-0.3, -0.25) is 14.2 Å². The quantitative estimate of drug-likeness (QED) is 0.765. The summed E-state index contributed by atoms with van der Waals surface area (Å²) in [6, 6.07) is 5.08. The van der Waals surface area contributed by atoms with E-state index < -0.39 is 18.5 Å². The van der Waals surface area contributed by atoms with E-state index in [9.17, 15) is 18.0 Å². The number of carbonyl (C=O) groups excluding carboxylic acids is 1. The molecule has 0 radical (unpaired) electrons. The van der Waals surface area contributed by atoms with Crippen molar-refractivity contribution in [2.75, 3.05) is 5.32 Å². The van der Waals surface area contributed by atoms with Gasteiger partial charge in [-0.15, -0.1) is 0 Å². The van der Waals surface area contributed by atoms with E-state index in [1.807, 2.05) is 0 Å². The van der Waals surface area contributed by atoms with Gasteiger partial charge in [0.1, 0.15) is 11.5 Å². The van der Waals surface area contributed by atoms with E-state index >= 15 is 0 Å². The number of aromatic nitrogens is 4. The van der Waals surface area contributed by atoms with Gasteiger partial charge in [0.15, 0.2) is 5.76 Å². The van der Waals surface area contributed by atoms with Gasteiger partial charge in [0, 0.05) is 25.9 Å². The zero-order valence-corrected chi connectivity index (χ0v) is 13.1. The topological polar surface area (TPSA) is 77.9 Å². The van der Waals surface area contributed by atoms with Crippen LogP contribution in [-0.4, -0.2) is 31.6 Å². The lowest BCUT2D eigenvalue weighted by Crippen LogP contribution is -2.14. The molecule has 3 rings (SSSR count). The van der Waals surface area contributed by atoms with Gasteiger partial charge in [-0.1, -0.05) is 0 Å². The van der Waals surface area contributed by atoms with E-state index in [4.69, 9.17) is 4.42 Å². The van der Waals surface area contributed by atoms with E-state index in [1.165, 1.54) is 23.3 Å². The fraction of sp³-hybridized carbons (Fsp3) is 0.267. The van der Waals surface area contributed by atoms with Gasteiger partial charge in [-0.05, 0) is 12.1 Å². The first kappa shape index (κ1) is 16.8. The lowest BCUT2D eigenvalue weighted by Gasteiger charge is -2.05. The number of furan rings is 1. The van der Waals surface area contributed by atoms with Crippen molar-refractivity contribution in [1.82, 2.24) is 19.6 Å². The van der Waals surface area contributed by atoms with Gasteiger partial charge >= 0.3 is 6.18 Å². The van der Waals surface area contributed by atoms with Crippen LogP contribution in [0.15, 0.2) is 41.3 Å². The van der Waals surface area contributed by atoms with E-state index in [1.54, 1.807) is 25.2 Å². The third kappa shape index (κ3) is 4.08. The molecule has 1 N–H and O–H groups in total. The summed E-state index contributed by atoms with van der Waals surface area (Å²) in [6.45, 7) is -0.342. The van der Waals surface area contributed by atoms with Crippen molar-refractivity contribution >= 4 is 11.7 Å². The van der Waals surface area contributed by atoms with Crippen LogP contribution in [0.4, 0.5) is 19.0 Å². The number of nitrogens with one attached hydrogen (secondary N) is 1. The third-order valence-corrected chi connectivity index (χ3v) is 3.41. The van der Waals surface area contributed by atoms with E-state index in [0.29, 0.717) is 17.3 Å². The molecular formula is C15H14F3N5O2. The predicted molar refractivity (Wildman–Crippen MR) is 81.8 cm³/mol. The summed E-state index contributed by atoms with van der Waals surface area (Å²) in [5.74, 6) is 0.475. The third-order valence-electron chi connectivity index (χ3n) is 3.41. The van der Waals surface area contributed by atoms with Crippen molar-refractivity contribution in [3.8, 4) is 11.5 Å². The van der Waals surface area contributed by atoms with E-state index in [-0.39, 0.29) is 12.1 Å². The fourth-order valence-electron chi connectivity index (χ4n) is 2.16. The summed E-state index contributed by atoms with van der Waals surface area (Å²) in [7, 11) is 1.65. The lowest BCUT2D eigenvalue weighted by molar-refractivity contribution is -0.137. The van der Waals surface area contributed by atoms with Crippen LogP contribution in [0.25, 0.3) is 11.5 Å². The molecule has 1 amide bonds. The van der Waals surface area contributed by atoms with Crippen LogP contribution in [0.5, 0.6) is 0 Å². The van der Waals surface area contributed by atoms with Crippen LogP contribution in [0, 0.1) is 0 Å². The second-order valence-corrected chi connectivity index (χ2v) is 5.33. The van der Waals surface area contributed by atoms with Gasteiger partial charge in [0.25, 0.3) is 5.91 Å². The minimum atomic E-state index is -4.27. The van der Waals surface area contributed by atoms with Crippen molar-refractivity contribution in [3.05, 3.63) is 42.4 Å². The molecule has 0 aliphatic carbocycles. The zero-order valence-electron chi connectivity index (χ0n) is 13.1. The number of nitrogens with zero attached hydrogens (tertiary/aromatic N) is 4. The molecule has 0 atom stereocenters. The number of hydrogen-bond donors (Lipinski definition) is 1. The number of aryl methyl sites for hydroxylation is 2. The number of anilines is 1. The summed E-state index contributed by atoms with van der Waals surface area (Å²) in [5, 5.41) is 10.6. The molecule has 0 fully saturated rings. The lowest BCUT2D eigenvalue weighted by atomic mass is 10.3. The van der Waals surface area contributed by atoms with Gasteiger partial charge < -0.3 is 9.73 Å². The molecule has 0 saturated carbocycles. The number of alkyl halides is 3. The Hall–Kier alpha value is -3.04. The molecule has 0 aliphatic heterocycles. The average Bonchev–Trinajstić information content (AvgIpc) is 3.25. The second kappa shape index (κ2) is 6.46. The number of halogens is 3. The number of carbonyl (C=O) groups is 1. The Morgan fingerprint density at radius 3 is 2.88 bits per heavy atom. The molecular weight excluding hydrogens is 339 g/mol. The monoisotopic (exact) mass is 353 g/mol. The standard InChI is InChI=1S/C15H14F3N5O2/c1-22-13(7-11(21-22)12-3-2-6-25-12)20-14(24)10-8-19-23(9-10)5-4-15(16,17)18/h2-3,6-9H,4-5H2,1H3,(H,20,24). The number of hydrogen-bond acceptors (Lipinski definition) is 4. The maximum absolute atomic E-state index is 12.2. The maximum Gasteiger partial charge on any atom is 0.390 e.